The van der Waals surface area contributed by atoms with Crippen LogP contribution in [0.5, 0.6) is 0 Å². The molecule has 1 aromatic rings. The second kappa shape index (κ2) is 11.0. The van der Waals surface area contributed by atoms with E-state index in [2.05, 4.69) is 15.0 Å². The van der Waals surface area contributed by atoms with Gasteiger partial charge in [0.1, 0.15) is 0 Å². The maximum atomic E-state index is 10.6. The Kier molecular flexibility index (Phi) is 8.80. The molecule has 0 aliphatic heterocycles. The van der Waals surface area contributed by atoms with Crippen molar-refractivity contribution >= 4 is 18.2 Å². The topological polar surface area (TPSA) is 88.3 Å². The maximum absolute atomic E-state index is 10.6. The van der Waals surface area contributed by atoms with E-state index in [1.54, 1.807) is 6.08 Å². The van der Waals surface area contributed by atoms with Crippen molar-refractivity contribution in [1.82, 2.24) is 0 Å². The van der Waals surface area contributed by atoms with Crippen molar-refractivity contribution in [2.45, 2.75) is 31.1 Å². The number of nitrogens with zero attached hydrogens (tertiary/aromatic N) is 3. The van der Waals surface area contributed by atoms with Crippen LogP contribution in [0.2, 0.25) is 0 Å². The quantitative estimate of drug-likeness (QED) is 0.357. The first-order valence-electron chi connectivity index (χ1n) is 7.45. The number of carbonyl (C=O) groups excluding carboxylic acids is 3. The molecule has 23 heavy (non-hydrogen) atoms. The van der Waals surface area contributed by atoms with Gasteiger partial charge in [0.05, 0.1) is 19.6 Å². The van der Waals surface area contributed by atoms with Crippen LogP contribution < -0.4 is 0 Å². The molecule has 0 atom stereocenters. The average molecular weight is 313 g/mol. The summed E-state index contributed by atoms with van der Waals surface area (Å²) >= 11 is 0. The normalized spacial score (nSPS) is 12.2. The molecular formula is C17H19N3O3. The van der Waals surface area contributed by atoms with Crippen LogP contribution in [0.3, 0.4) is 0 Å². The Balaban J connectivity index is 3.01. The molecule has 0 unspecified atom stereocenters. The summed E-state index contributed by atoms with van der Waals surface area (Å²) in [5.41, 5.74) is 0.694. The van der Waals surface area contributed by atoms with Crippen LogP contribution in [-0.2, 0) is 19.8 Å². The van der Waals surface area contributed by atoms with Crippen molar-refractivity contribution in [1.29, 1.82) is 0 Å². The summed E-state index contributed by atoms with van der Waals surface area (Å²) in [7, 11) is 0. The molecule has 1 rings (SSSR count). The average Bonchev–Trinajstić information content (AvgIpc) is 2.60. The molecule has 0 radical (unpaired) electrons. The summed E-state index contributed by atoms with van der Waals surface area (Å²) in [6.45, 7) is 1.07. The Bertz CT molecular complexity index is 587. The predicted molar refractivity (Wildman–Crippen MR) is 85.6 cm³/mol. The van der Waals surface area contributed by atoms with E-state index in [0.29, 0.717) is 45.3 Å². The first-order chi connectivity index (χ1) is 11.3. The maximum Gasteiger partial charge on any atom is 0.234 e. The van der Waals surface area contributed by atoms with Crippen LogP contribution in [0.15, 0.2) is 45.3 Å². The zero-order valence-corrected chi connectivity index (χ0v) is 12.9. The van der Waals surface area contributed by atoms with Gasteiger partial charge < -0.3 is 0 Å². The van der Waals surface area contributed by atoms with Crippen LogP contribution in [-0.4, -0.2) is 37.9 Å². The highest BCUT2D eigenvalue weighted by molar-refractivity contribution is 5.35. The monoisotopic (exact) mass is 313 g/mol. The molecule has 0 saturated heterocycles. The number of isocyanates is 3. The third-order valence-electron chi connectivity index (χ3n) is 3.81. The summed E-state index contributed by atoms with van der Waals surface area (Å²) in [6, 6.07) is 9.77. The Morgan fingerprint density at radius 2 is 1.30 bits per heavy atom. The fourth-order valence-electron chi connectivity index (χ4n) is 2.72. The molecule has 0 amide bonds. The predicted octanol–water partition coefficient (Wildman–Crippen LogP) is 2.49. The molecule has 0 aliphatic carbocycles. The minimum atomic E-state index is -0.366. The second-order valence-corrected chi connectivity index (χ2v) is 5.21. The van der Waals surface area contributed by atoms with Gasteiger partial charge in [-0.25, -0.2) is 29.4 Å². The minimum Gasteiger partial charge on any atom is -0.211 e. The zero-order valence-electron chi connectivity index (χ0n) is 12.9. The largest absolute Gasteiger partial charge is 0.234 e. The fraction of sp³-hybridized carbons (Fsp3) is 0.471. The number of hydrogen-bond acceptors (Lipinski definition) is 6. The standard InChI is InChI=1S/C17H19N3O3/c21-13-18-10-4-8-17(12-20-15-23,9-5-11-19-14-22)16-6-2-1-3-7-16/h1-3,6-7H,4-5,8-12H2. The van der Waals surface area contributed by atoms with Crippen molar-refractivity contribution in [2.75, 3.05) is 19.6 Å². The molecule has 0 saturated carbocycles. The Hall–Kier alpha value is -2.64. The first kappa shape index (κ1) is 18.4. The van der Waals surface area contributed by atoms with Gasteiger partial charge in [-0.2, -0.15) is 0 Å². The van der Waals surface area contributed by atoms with Crippen molar-refractivity contribution in [3.63, 3.8) is 0 Å². The summed E-state index contributed by atoms with van der Waals surface area (Å²) < 4.78 is 0. The number of rotatable bonds is 11. The van der Waals surface area contributed by atoms with E-state index in [1.165, 1.54) is 12.2 Å². The third-order valence-corrected chi connectivity index (χ3v) is 3.81. The van der Waals surface area contributed by atoms with E-state index in [1.807, 2.05) is 30.3 Å². The van der Waals surface area contributed by atoms with Crippen LogP contribution in [0.4, 0.5) is 0 Å². The smallest absolute Gasteiger partial charge is 0.211 e. The van der Waals surface area contributed by atoms with Gasteiger partial charge in [0, 0.05) is 5.41 Å². The molecule has 6 heteroatoms. The van der Waals surface area contributed by atoms with Crippen molar-refractivity contribution < 1.29 is 14.4 Å². The fourth-order valence-corrected chi connectivity index (χ4v) is 2.72. The summed E-state index contributed by atoms with van der Waals surface area (Å²) in [5.74, 6) is 0. The number of benzene rings is 1. The van der Waals surface area contributed by atoms with Gasteiger partial charge in [0.25, 0.3) is 0 Å². The van der Waals surface area contributed by atoms with E-state index < -0.39 is 0 Å². The molecule has 120 valence electrons. The number of hydrogen-bond donors (Lipinski definition) is 0. The van der Waals surface area contributed by atoms with Gasteiger partial charge in [0.2, 0.25) is 18.2 Å². The lowest BCUT2D eigenvalue weighted by Crippen LogP contribution is -2.30. The lowest BCUT2D eigenvalue weighted by molar-refractivity contribution is 0.358. The Labute approximate surface area is 135 Å². The first-order valence-corrected chi connectivity index (χ1v) is 7.45. The molecule has 0 fully saturated rings. The molecule has 0 spiro atoms. The van der Waals surface area contributed by atoms with Crippen LogP contribution >= 0.6 is 0 Å². The molecule has 0 heterocycles. The lowest BCUT2D eigenvalue weighted by Gasteiger charge is -2.32. The molecule has 6 nitrogen and oxygen atoms in total. The summed E-state index contributed by atoms with van der Waals surface area (Å²) in [6.07, 6.45) is 7.42. The summed E-state index contributed by atoms with van der Waals surface area (Å²) in [4.78, 5) is 42.0. The minimum absolute atomic E-state index is 0.302. The van der Waals surface area contributed by atoms with Gasteiger partial charge in [-0.15, -0.1) is 0 Å². The molecule has 0 N–H and O–H groups in total. The third kappa shape index (κ3) is 6.33. The highest BCUT2D eigenvalue weighted by Crippen LogP contribution is 2.35. The van der Waals surface area contributed by atoms with Crippen molar-refractivity contribution in [3.8, 4) is 0 Å². The Morgan fingerprint density at radius 1 is 0.783 bits per heavy atom. The van der Waals surface area contributed by atoms with Crippen molar-refractivity contribution in [2.24, 2.45) is 15.0 Å². The van der Waals surface area contributed by atoms with Crippen LogP contribution in [0, 0.1) is 0 Å². The molecular weight excluding hydrogens is 294 g/mol. The lowest BCUT2D eigenvalue weighted by atomic mass is 9.73. The molecule has 1 aromatic carbocycles. The number of aliphatic imine (C=N–C) groups is 3. The summed E-state index contributed by atoms with van der Waals surface area (Å²) in [5, 5.41) is 0. The van der Waals surface area contributed by atoms with Gasteiger partial charge >= 0.3 is 0 Å². The molecule has 0 aliphatic rings. The second-order valence-electron chi connectivity index (χ2n) is 5.21. The highest BCUT2D eigenvalue weighted by Gasteiger charge is 2.31. The van der Waals surface area contributed by atoms with Gasteiger partial charge in [-0.1, -0.05) is 30.3 Å². The van der Waals surface area contributed by atoms with E-state index in [0.717, 1.165) is 5.56 Å². The molecule has 0 bridgehead atoms. The Morgan fingerprint density at radius 3 is 1.78 bits per heavy atom. The van der Waals surface area contributed by atoms with E-state index in [4.69, 9.17) is 0 Å². The van der Waals surface area contributed by atoms with Gasteiger partial charge in [-0.05, 0) is 31.2 Å². The SMILES string of the molecule is O=C=NCCCC(CCCN=C=O)(CN=C=O)c1ccccc1. The van der Waals surface area contributed by atoms with Gasteiger partial charge in [0.15, 0.2) is 0 Å². The molecule has 0 aromatic heterocycles. The zero-order chi connectivity index (χ0) is 16.8. The highest BCUT2D eigenvalue weighted by atomic mass is 16.1. The van der Waals surface area contributed by atoms with Gasteiger partial charge in [-0.3, -0.25) is 0 Å². The van der Waals surface area contributed by atoms with Crippen LogP contribution in [0.1, 0.15) is 31.2 Å². The van der Waals surface area contributed by atoms with E-state index >= 15 is 0 Å². The van der Waals surface area contributed by atoms with Crippen LogP contribution in [0.25, 0.3) is 0 Å². The van der Waals surface area contributed by atoms with E-state index in [-0.39, 0.29) is 5.41 Å². The van der Waals surface area contributed by atoms with E-state index in [9.17, 15) is 14.4 Å². The van der Waals surface area contributed by atoms with Crippen molar-refractivity contribution in [3.05, 3.63) is 35.9 Å².